The molecule has 0 bridgehead atoms. The zero-order valence-electron chi connectivity index (χ0n) is 11.5. The average molecular weight is 364 g/mol. The Kier molecular flexibility index (Phi) is 5.46. The van der Waals surface area contributed by atoms with Crippen LogP contribution >= 0.6 is 28.3 Å². The maximum Gasteiger partial charge on any atom is 0.128 e. The highest BCUT2D eigenvalue weighted by molar-refractivity contribution is 9.10. The van der Waals surface area contributed by atoms with Gasteiger partial charge in [0, 0.05) is 23.1 Å². The lowest BCUT2D eigenvalue weighted by molar-refractivity contribution is 0.193. The molecule has 0 atom stereocenters. The highest BCUT2D eigenvalue weighted by Crippen LogP contribution is 2.39. The summed E-state index contributed by atoms with van der Waals surface area (Å²) in [6.45, 7) is 5.26. The number of piperidine rings is 1. The summed E-state index contributed by atoms with van der Waals surface area (Å²) in [7, 11) is 0. The monoisotopic (exact) mass is 362 g/mol. The number of likely N-dealkylation sites (tertiary alicyclic amines) is 1. The Hall–Kier alpha value is -0.160. The summed E-state index contributed by atoms with van der Waals surface area (Å²) in [4.78, 5) is 2.41. The molecule has 2 aliphatic rings. The van der Waals surface area contributed by atoms with Crippen LogP contribution in [0.3, 0.4) is 0 Å². The molecule has 2 nitrogen and oxygen atoms in total. The molecule has 1 aromatic carbocycles. The topological polar surface area (TPSA) is 15.3 Å². The summed E-state index contributed by atoms with van der Waals surface area (Å²) >= 11 is 3.31. The van der Waals surface area contributed by atoms with Gasteiger partial charge in [-0.3, -0.25) is 4.90 Å². The van der Waals surface area contributed by atoms with Crippen LogP contribution in [-0.2, 0) is 6.54 Å². The van der Waals surface area contributed by atoms with E-state index in [1.54, 1.807) is 6.07 Å². The first-order chi connectivity index (χ1) is 9.17. The van der Waals surface area contributed by atoms with E-state index in [1.807, 2.05) is 12.1 Å². The smallest absolute Gasteiger partial charge is 0.128 e. The lowest BCUT2D eigenvalue weighted by atomic mass is 9.78. The maximum absolute atomic E-state index is 13.9. The molecular weight excluding hydrogens is 343 g/mol. The van der Waals surface area contributed by atoms with E-state index in [9.17, 15) is 4.39 Å². The third-order valence-electron chi connectivity index (χ3n) is 4.59. The van der Waals surface area contributed by atoms with E-state index in [0.717, 1.165) is 42.8 Å². The van der Waals surface area contributed by atoms with Crippen molar-refractivity contribution in [3.8, 4) is 0 Å². The van der Waals surface area contributed by atoms with E-state index < -0.39 is 0 Å². The molecule has 2 saturated heterocycles. The molecule has 2 fully saturated rings. The zero-order chi connectivity index (χ0) is 13.3. The fourth-order valence-electron chi connectivity index (χ4n) is 3.42. The van der Waals surface area contributed by atoms with E-state index in [2.05, 4.69) is 26.1 Å². The average Bonchev–Trinajstić information content (AvgIpc) is 2.77. The summed E-state index contributed by atoms with van der Waals surface area (Å²) < 4.78 is 14.7. The van der Waals surface area contributed by atoms with Crippen LogP contribution in [0.5, 0.6) is 0 Å². The van der Waals surface area contributed by atoms with Crippen LogP contribution in [0.4, 0.5) is 4.39 Å². The minimum atomic E-state index is -0.0966. The molecule has 1 spiro atoms. The first kappa shape index (κ1) is 16.2. The van der Waals surface area contributed by atoms with Crippen LogP contribution < -0.4 is 5.32 Å². The third-order valence-corrected chi connectivity index (χ3v) is 5.08. The van der Waals surface area contributed by atoms with E-state index in [1.165, 1.54) is 19.3 Å². The molecule has 0 radical (unpaired) electrons. The molecule has 1 N–H and O–H groups in total. The van der Waals surface area contributed by atoms with Gasteiger partial charge in [0.2, 0.25) is 0 Å². The molecule has 0 saturated carbocycles. The molecule has 2 aliphatic heterocycles. The lowest BCUT2D eigenvalue weighted by Crippen LogP contribution is -2.38. The predicted octanol–water partition coefficient (Wildman–Crippen LogP) is 3.59. The number of benzene rings is 1. The van der Waals surface area contributed by atoms with Gasteiger partial charge >= 0.3 is 0 Å². The molecule has 0 unspecified atom stereocenters. The minimum absolute atomic E-state index is 0. The first-order valence-corrected chi connectivity index (χ1v) is 7.83. The Morgan fingerprint density at radius 3 is 2.70 bits per heavy atom. The molecule has 5 heteroatoms. The second kappa shape index (κ2) is 6.73. The van der Waals surface area contributed by atoms with E-state index in [-0.39, 0.29) is 18.2 Å². The van der Waals surface area contributed by atoms with Gasteiger partial charge in [-0.15, -0.1) is 12.4 Å². The number of nitrogens with one attached hydrogen (secondary N) is 1. The summed E-state index contributed by atoms with van der Waals surface area (Å²) in [5.74, 6) is -0.0966. The van der Waals surface area contributed by atoms with Crippen LogP contribution in [0.15, 0.2) is 22.7 Å². The Balaban J connectivity index is 0.00000147. The second-order valence-corrected chi connectivity index (χ2v) is 6.86. The van der Waals surface area contributed by atoms with Gasteiger partial charge in [0.25, 0.3) is 0 Å². The van der Waals surface area contributed by atoms with Gasteiger partial charge in [-0.2, -0.15) is 0 Å². The largest absolute Gasteiger partial charge is 0.317 e. The summed E-state index contributed by atoms with van der Waals surface area (Å²) in [6, 6.07) is 5.38. The quantitative estimate of drug-likeness (QED) is 0.864. The van der Waals surface area contributed by atoms with Crippen LogP contribution in [-0.4, -0.2) is 31.1 Å². The second-order valence-electron chi connectivity index (χ2n) is 5.95. The maximum atomic E-state index is 13.9. The number of rotatable bonds is 2. The van der Waals surface area contributed by atoms with Gasteiger partial charge in [0.1, 0.15) is 5.82 Å². The molecule has 2 heterocycles. The SMILES string of the molecule is Cl.Fc1cc(Br)ccc1CN1CCC2(CCNCC2)C1. The fourth-order valence-corrected chi connectivity index (χ4v) is 3.75. The van der Waals surface area contributed by atoms with Gasteiger partial charge in [0.05, 0.1) is 0 Å². The summed E-state index contributed by atoms with van der Waals surface area (Å²) in [5, 5.41) is 3.43. The third kappa shape index (κ3) is 3.53. The molecule has 20 heavy (non-hydrogen) atoms. The van der Waals surface area contributed by atoms with Crippen LogP contribution in [0.1, 0.15) is 24.8 Å². The fraction of sp³-hybridized carbons (Fsp3) is 0.600. The highest BCUT2D eigenvalue weighted by atomic mass is 79.9. The number of nitrogens with zero attached hydrogens (tertiary/aromatic N) is 1. The van der Waals surface area contributed by atoms with Crippen molar-refractivity contribution in [3.63, 3.8) is 0 Å². The van der Waals surface area contributed by atoms with E-state index in [0.29, 0.717) is 5.41 Å². The Morgan fingerprint density at radius 1 is 1.25 bits per heavy atom. The summed E-state index contributed by atoms with van der Waals surface area (Å²) in [5.41, 5.74) is 1.31. The van der Waals surface area contributed by atoms with E-state index in [4.69, 9.17) is 0 Å². The van der Waals surface area contributed by atoms with Crippen molar-refractivity contribution in [3.05, 3.63) is 34.1 Å². The predicted molar refractivity (Wildman–Crippen MR) is 85.8 cm³/mol. The molecule has 0 amide bonds. The standard InChI is InChI=1S/C15H20BrFN2.ClH/c16-13-2-1-12(14(17)9-13)10-19-8-5-15(11-19)3-6-18-7-4-15;/h1-2,9,18H,3-8,10-11H2;1H. The van der Waals surface area contributed by atoms with Crippen LogP contribution in [0.2, 0.25) is 0 Å². The van der Waals surface area contributed by atoms with Crippen molar-refractivity contribution < 1.29 is 4.39 Å². The lowest BCUT2D eigenvalue weighted by Gasteiger charge is -2.34. The number of halogens is 3. The van der Waals surface area contributed by atoms with Gasteiger partial charge < -0.3 is 5.32 Å². The molecule has 1 aromatic rings. The summed E-state index contributed by atoms with van der Waals surface area (Å²) in [6.07, 6.45) is 3.81. The van der Waals surface area contributed by atoms with Crippen molar-refractivity contribution in [1.82, 2.24) is 10.2 Å². The Morgan fingerprint density at radius 2 is 2.00 bits per heavy atom. The van der Waals surface area contributed by atoms with Crippen molar-refractivity contribution in [2.75, 3.05) is 26.2 Å². The zero-order valence-corrected chi connectivity index (χ0v) is 13.9. The number of hydrogen-bond donors (Lipinski definition) is 1. The normalized spacial score (nSPS) is 21.9. The molecule has 0 aliphatic carbocycles. The van der Waals surface area contributed by atoms with Crippen molar-refractivity contribution >= 4 is 28.3 Å². The highest BCUT2D eigenvalue weighted by Gasteiger charge is 2.38. The van der Waals surface area contributed by atoms with Crippen molar-refractivity contribution in [1.29, 1.82) is 0 Å². The van der Waals surface area contributed by atoms with Crippen LogP contribution in [0, 0.1) is 11.2 Å². The molecule has 112 valence electrons. The Labute approximate surface area is 134 Å². The van der Waals surface area contributed by atoms with Gasteiger partial charge in [-0.1, -0.05) is 22.0 Å². The van der Waals surface area contributed by atoms with E-state index >= 15 is 0 Å². The number of hydrogen-bond acceptors (Lipinski definition) is 2. The minimum Gasteiger partial charge on any atom is -0.317 e. The molecule has 3 rings (SSSR count). The van der Waals surface area contributed by atoms with Gasteiger partial charge in [-0.25, -0.2) is 4.39 Å². The first-order valence-electron chi connectivity index (χ1n) is 7.04. The van der Waals surface area contributed by atoms with Gasteiger partial charge in [-0.05, 0) is 56.4 Å². The molecule has 0 aromatic heterocycles. The molecular formula is C15H21BrClFN2. The Bertz CT molecular complexity index is 463. The van der Waals surface area contributed by atoms with Gasteiger partial charge in [0.15, 0.2) is 0 Å². The van der Waals surface area contributed by atoms with Crippen molar-refractivity contribution in [2.24, 2.45) is 5.41 Å². The van der Waals surface area contributed by atoms with Crippen molar-refractivity contribution in [2.45, 2.75) is 25.8 Å². The van der Waals surface area contributed by atoms with Crippen LogP contribution in [0.25, 0.3) is 0 Å².